The van der Waals surface area contributed by atoms with Crippen LogP contribution in [-0.2, 0) is 0 Å². The van der Waals surface area contributed by atoms with Crippen molar-refractivity contribution in [3.63, 3.8) is 0 Å². The molecular formula is C17H24F2N2O4. The van der Waals surface area contributed by atoms with E-state index in [2.05, 4.69) is 22.3 Å². The van der Waals surface area contributed by atoms with Gasteiger partial charge in [-0.05, 0) is 43.5 Å². The highest BCUT2D eigenvalue weighted by atomic mass is 19.3. The molecule has 0 atom stereocenters. The first kappa shape index (κ1) is 19.2. The van der Waals surface area contributed by atoms with E-state index in [4.69, 9.17) is 9.47 Å². The fourth-order valence-corrected chi connectivity index (χ4v) is 2.82. The van der Waals surface area contributed by atoms with Crippen LogP contribution in [0.2, 0.25) is 0 Å². The number of amides is 1. The Bertz CT molecular complexity index is 579. The molecule has 0 unspecified atom stereocenters. The Morgan fingerprint density at radius 2 is 1.80 bits per heavy atom. The second-order valence-corrected chi connectivity index (χ2v) is 6.33. The molecular weight excluding hydrogens is 334 g/mol. The highest BCUT2D eigenvalue weighted by Crippen LogP contribution is 2.39. The van der Waals surface area contributed by atoms with E-state index >= 15 is 0 Å². The normalized spacial score (nSPS) is 16.4. The monoisotopic (exact) mass is 358 g/mol. The molecule has 0 radical (unpaired) electrons. The fraction of sp³-hybridized carbons (Fsp3) is 0.588. The second kappa shape index (κ2) is 8.33. The van der Waals surface area contributed by atoms with E-state index in [9.17, 15) is 13.6 Å². The SMILES string of the molecule is COc1cc(C(=O)NCC2(C)CCNCC2)cc(OC)c1OC(F)F. The first-order chi connectivity index (χ1) is 11.9. The number of halogens is 2. The maximum Gasteiger partial charge on any atom is 0.387 e. The molecule has 1 aliphatic heterocycles. The molecule has 1 aliphatic rings. The highest BCUT2D eigenvalue weighted by molar-refractivity contribution is 5.95. The predicted molar refractivity (Wildman–Crippen MR) is 88.7 cm³/mol. The first-order valence-electron chi connectivity index (χ1n) is 8.08. The van der Waals surface area contributed by atoms with Gasteiger partial charge in [0, 0.05) is 12.1 Å². The smallest absolute Gasteiger partial charge is 0.387 e. The number of alkyl halides is 2. The van der Waals surface area contributed by atoms with Gasteiger partial charge in [0.2, 0.25) is 5.75 Å². The minimum absolute atomic E-state index is 0.0119. The van der Waals surface area contributed by atoms with Crippen LogP contribution in [0, 0.1) is 5.41 Å². The minimum Gasteiger partial charge on any atom is -0.493 e. The maximum absolute atomic E-state index is 12.6. The lowest BCUT2D eigenvalue weighted by Crippen LogP contribution is -2.42. The number of nitrogens with one attached hydrogen (secondary N) is 2. The summed E-state index contributed by atoms with van der Waals surface area (Å²) in [5.41, 5.74) is 0.293. The van der Waals surface area contributed by atoms with Crippen LogP contribution in [0.15, 0.2) is 12.1 Å². The number of hydrogen-bond acceptors (Lipinski definition) is 5. The molecule has 0 saturated carbocycles. The lowest BCUT2D eigenvalue weighted by molar-refractivity contribution is -0.0526. The zero-order valence-corrected chi connectivity index (χ0v) is 14.7. The topological polar surface area (TPSA) is 68.8 Å². The van der Waals surface area contributed by atoms with Gasteiger partial charge in [0.05, 0.1) is 14.2 Å². The molecule has 1 aromatic rings. The van der Waals surface area contributed by atoms with Crippen LogP contribution in [0.5, 0.6) is 17.2 Å². The zero-order valence-electron chi connectivity index (χ0n) is 14.7. The van der Waals surface area contributed by atoms with Gasteiger partial charge in [-0.25, -0.2) is 0 Å². The Morgan fingerprint density at radius 3 is 2.28 bits per heavy atom. The third-order valence-electron chi connectivity index (χ3n) is 4.42. The van der Waals surface area contributed by atoms with Gasteiger partial charge in [-0.1, -0.05) is 6.92 Å². The minimum atomic E-state index is -3.03. The van der Waals surface area contributed by atoms with E-state index in [0.717, 1.165) is 25.9 Å². The summed E-state index contributed by atoms with van der Waals surface area (Å²) in [5.74, 6) is -0.530. The van der Waals surface area contributed by atoms with Crippen LogP contribution in [0.3, 0.4) is 0 Å². The lowest BCUT2D eigenvalue weighted by Gasteiger charge is -2.34. The molecule has 0 bridgehead atoms. The van der Waals surface area contributed by atoms with E-state index < -0.39 is 6.61 Å². The van der Waals surface area contributed by atoms with E-state index in [-0.39, 0.29) is 34.1 Å². The Hall–Kier alpha value is -2.09. The van der Waals surface area contributed by atoms with Crippen molar-refractivity contribution < 1.29 is 27.8 Å². The van der Waals surface area contributed by atoms with Gasteiger partial charge in [0.15, 0.2) is 11.5 Å². The summed E-state index contributed by atoms with van der Waals surface area (Å²) in [5, 5.41) is 6.20. The van der Waals surface area contributed by atoms with Crippen molar-refractivity contribution in [2.24, 2.45) is 5.41 Å². The van der Waals surface area contributed by atoms with Crippen LogP contribution < -0.4 is 24.8 Å². The summed E-state index contributed by atoms with van der Waals surface area (Å²) in [7, 11) is 2.62. The van der Waals surface area contributed by atoms with Crippen LogP contribution in [-0.4, -0.2) is 46.4 Å². The Kier molecular flexibility index (Phi) is 6.41. The lowest BCUT2D eigenvalue weighted by atomic mass is 9.81. The van der Waals surface area contributed by atoms with Crippen molar-refractivity contribution in [1.82, 2.24) is 10.6 Å². The largest absolute Gasteiger partial charge is 0.493 e. The number of carbonyl (C=O) groups excluding carboxylic acids is 1. The molecule has 0 aliphatic carbocycles. The fourth-order valence-electron chi connectivity index (χ4n) is 2.82. The maximum atomic E-state index is 12.6. The van der Waals surface area contributed by atoms with E-state index in [0.29, 0.717) is 6.54 Å². The summed E-state index contributed by atoms with van der Waals surface area (Å²) in [6.45, 7) is 1.49. The van der Waals surface area contributed by atoms with E-state index in [1.54, 1.807) is 0 Å². The summed E-state index contributed by atoms with van der Waals surface area (Å²) in [6.07, 6.45) is 1.95. The Balaban J connectivity index is 2.16. The van der Waals surface area contributed by atoms with Gasteiger partial charge >= 0.3 is 6.61 Å². The molecule has 140 valence electrons. The summed E-state index contributed by atoms with van der Waals surface area (Å²) in [4.78, 5) is 12.5. The zero-order chi connectivity index (χ0) is 18.4. The molecule has 2 N–H and O–H groups in total. The van der Waals surface area contributed by atoms with Crippen LogP contribution >= 0.6 is 0 Å². The highest BCUT2D eigenvalue weighted by Gasteiger charge is 2.28. The van der Waals surface area contributed by atoms with Gasteiger partial charge < -0.3 is 24.8 Å². The quantitative estimate of drug-likeness (QED) is 0.784. The average molecular weight is 358 g/mol. The number of methoxy groups -OCH3 is 2. The number of benzene rings is 1. The van der Waals surface area contributed by atoms with Crippen molar-refractivity contribution in [1.29, 1.82) is 0 Å². The molecule has 0 spiro atoms. The van der Waals surface area contributed by atoms with E-state index in [1.807, 2.05) is 0 Å². The molecule has 6 nitrogen and oxygen atoms in total. The van der Waals surface area contributed by atoms with Crippen LogP contribution in [0.4, 0.5) is 8.78 Å². The number of hydrogen-bond donors (Lipinski definition) is 2. The van der Waals surface area contributed by atoms with Crippen molar-refractivity contribution in [2.45, 2.75) is 26.4 Å². The van der Waals surface area contributed by atoms with Gasteiger partial charge in [-0.3, -0.25) is 4.79 Å². The van der Waals surface area contributed by atoms with E-state index in [1.165, 1.54) is 26.4 Å². The van der Waals surface area contributed by atoms with Gasteiger partial charge in [-0.2, -0.15) is 8.78 Å². The van der Waals surface area contributed by atoms with Crippen molar-refractivity contribution in [2.75, 3.05) is 33.9 Å². The second-order valence-electron chi connectivity index (χ2n) is 6.33. The van der Waals surface area contributed by atoms with Gasteiger partial charge in [0.1, 0.15) is 0 Å². The molecule has 8 heteroatoms. The van der Waals surface area contributed by atoms with Gasteiger partial charge in [-0.15, -0.1) is 0 Å². The molecule has 1 fully saturated rings. The Labute approximate surface area is 145 Å². The molecule has 25 heavy (non-hydrogen) atoms. The number of carbonyl (C=O) groups is 1. The number of ether oxygens (including phenoxy) is 3. The molecule has 1 amide bonds. The molecule has 1 aromatic carbocycles. The number of rotatable bonds is 7. The standard InChI is InChI=1S/C17H24F2N2O4/c1-17(4-6-20-7-5-17)10-21-15(22)11-8-12(23-2)14(25-16(18)19)13(9-11)24-3/h8-9,16,20H,4-7,10H2,1-3H3,(H,21,22). The molecule has 0 aromatic heterocycles. The van der Waals surface area contributed by atoms with Crippen LogP contribution in [0.1, 0.15) is 30.1 Å². The average Bonchev–Trinajstić information content (AvgIpc) is 2.60. The van der Waals surface area contributed by atoms with Gasteiger partial charge in [0.25, 0.3) is 5.91 Å². The molecule has 1 saturated heterocycles. The summed E-state index contributed by atoms with van der Waals surface area (Å²) >= 11 is 0. The number of piperidine rings is 1. The predicted octanol–water partition coefficient (Wildman–Crippen LogP) is 2.42. The molecule has 2 rings (SSSR count). The van der Waals surface area contributed by atoms with Crippen molar-refractivity contribution >= 4 is 5.91 Å². The summed E-state index contributed by atoms with van der Waals surface area (Å²) < 4.78 is 39.7. The van der Waals surface area contributed by atoms with Crippen molar-refractivity contribution in [3.8, 4) is 17.2 Å². The summed E-state index contributed by atoms with van der Waals surface area (Å²) in [6, 6.07) is 2.72. The van der Waals surface area contributed by atoms with Crippen LogP contribution in [0.25, 0.3) is 0 Å². The molecule has 1 heterocycles. The van der Waals surface area contributed by atoms with Crippen molar-refractivity contribution in [3.05, 3.63) is 17.7 Å². The first-order valence-corrected chi connectivity index (χ1v) is 8.08. The third kappa shape index (κ3) is 4.94. The Morgan fingerprint density at radius 1 is 1.24 bits per heavy atom. The third-order valence-corrected chi connectivity index (χ3v) is 4.42.